The van der Waals surface area contributed by atoms with E-state index in [4.69, 9.17) is 0 Å². The molecule has 26 heavy (non-hydrogen) atoms. The minimum absolute atomic E-state index is 0.000668. The molecule has 3 rings (SSSR count). The molecule has 1 amide bonds. The van der Waals surface area contributed by atoms with Crippen molar-refractivity contribution >= 4 is 27.3 Å². The molecule has 0 radical (unpaired) electrons. The number of rotatable bonds is 5. The molecule has 6 nitrogen and oxygen atoms in total. The largest absolute Gasteiger partial charge is 0.340 e. The zero-order valence-corrected chi connectivity index (χ0v) is 16.6. The van der Waals surface area contributed by atoms with Crippen molar-refractivity contribution in [3.8, 4) is 0 Å². The summed E-state index contributed by atoms with van der Waals surface area (Å²) >= 11 is 1.53. The first-order valence-corrected chi connectivity index (χ1v) is 11.0. The van der Waals surface area contributed by atoms with Crippen LogP contribution < -0.4 is 0 Å². The third kappa shape index (κ3) is 4.69. The van der Waals surface area contributed by atoms with E-state index in [-0.39, 0.29) is 18.1 Å². The lowest BCUT2D eigenvalue weighted by atomic mass is 10.2. The molecule has 0 unspecified atom stereocenters. The standard InChI is InChI=1S/C18H23N3O3S2/c1-14-3-5-16(6-4-14)13-26(23,24)21-9-7-20(8-10-21)18(22)11-17-12-25-15(2)19-17/h3-6,12H,7-11,13H2,1-2H3. The van der Waals surface area contributed by atoms with Crippen LogP contribution in [0.5, 0.6) is 0 Å². The molecule has 1 aliphatic rings. The molecule has 0 spiro atoms. The highest BCUT2D eigenvalue weighted by Gasteiger charge is 2.29. The number of benzene rings is 1. The third-order valence-corrected chi connectivity index (χ3v) is 7.13. The van der Waals surface area contributed by atoms with E-state index in [9.17, 15) is 13.2 Å². The summed E-state index contributed by atoms with van der Waals surface area (Å²) in [5, 5.41) is 2.84. The Morgan fingerprint density at radius 3 is 2.35 bits per heavy atom. The number of hydrogen-bond donors (Lipinski definition) is 0. The lowest BCUT2D eigenvalue weighted by molar-refractivity contribution is -0.131. The van der Waals surface area contributed by atoms with E-state index in [2.05, 4.69) is 4.98 Å². The Bertz CT molecular complexity index is 867. The third-order valence-electron chi connectivity index (χ3n) is 4.45. The van der Waals surface area contributed by atoms with Crippen molar-refractivity contribution in [3.63, 3.8) is 0 Å². The molecule has 0 atom stereocenters. The number of piperazine rings is 1. The number of carbonyl (C=O) groups excluding carboxylic acids is 1. The lowest BCUT2D eigenvalue weighted by Gasteiger charge is -2.34. The van der Waals surface area contributed by atoms with Gasteiger partial charge in [0.1, 0.15) is 0 Å². The fourth-order valence-electron chi connectivity index (χ4n) is 2.96. The minimum Gasteiger partial charge on any atom is -0.340 e. The number of thiazole rings is 1. The number of carbonyl (C=O) groups is 1. The summed E-state index contributed by atoms with van der Waals surface area (Å²) in [6.07, 6.45) is 0.278. The molecule has 8 heteroatoms. The molecule has 1 aromatic carbocycles. The normalized spacial score (nSPS) is 16.0. The molecule has 2 aromatic rings. The number of sulfonamides is 1. The van der Waals surface area contributed by atoms with Crippen molar-refractivity contribution in [3.05, 3.63) is 51.5 Å². The number of aromatic nitrogens is 1. The van der Waals surface area contributed by atoms with E-state index in [1.165, 1.54) is 15.6 Å². The molecule has 2 heterocycles. The van der Waals surface area contributed by atoms with Crippen LogP contribution in [-0.2, 0) is 27.0 Å². The molecule has 0 aliphatic carbocycles. The Morgan fingerprint density at radius 1 is 1.12 bits per heavy atom. The van der Waals surface area contributed by atoms with Gasteiger partial charge in [-0.15, -0.1) is 11.3 Å². The molecule has 1 aliphatic heterocycles. The maximum atomic E-state index is 12.6. The summed E-state index contributed by atoms with van der Waals surface area (Å²) in [5.41, 5.74) is 2.67. The van der Waals surface area contributed by atoms with Crippen LogP contribution in [0.25, 0.3) is 0 Å². The highest BCUT2D eigenvalue weighted by molar-refractivity contribution is 7.88. The van der Waals surface area contributed by atoms with Crippen molar-refractivity contribution < 1.29 is 13.2 Å². The van der Waals surface area contributed by atoms with Gasteiger partial charge in [-0.05, 0) is 19.4 Å². The van der Waals surface area contributed by atoms with Crippen LogP contribution in [0, 0.1) is 13.8 Å². The Labute approximate surface area is 158 Å². The van der Waals surface area contributed by atoms with Crippen LogP contribution in [-0.4, -0.2) is 54.7 Å². The van der Waals surface area contributed by atoms with Crippen LogP contribution in [0.1, 0.15) is 21.8 Å². The Kier molecular flexibility index (Phi) is 5.74. The van der Waals surface area contributed by atoms with Crippen molar-refractivity contribution in [1.29, 1.82) is 0 Å². The topological polar surface area (TPSA) is 70.6 Å². The first-order valence-electron chi connectivity index (χ1n) is 8.55. The fourth-order valence-corrected chi connectivity index (χ4v) is 5.09. The van der Waals surface area contributed by atoms with Gasteiger partial charge >= 0.3 is 0 Å². The Hall–Kier alpha value is -1.77. The first-order chi connectivity index (χ1) is 12.3. The highest BCUT2D eigenvalue weighted by atomic mass is 32.2. The van der Waals surface area contributed by atoms with Crippen LogP contribution >= 0.6 is 11.3 Å². The average molecular weight is 394 g/mol. The molecule has 1 aromatic heterocycles. The second-order valence-electron chi connectivity index (χ2n) is 6.56. The van der Waals surface area contributed by atoms with Crippen LogP contribution in [0.2, 0.25) is 0 Å². The molecule has 0 N–H and O–H groups in total. The fraction of sp³-hybridized carbons (Fsp3) is 0.444. The van der Waals surface area contributed by atoms with Gasteiger partial charge in [-0.2, -0.15) is 4.31 Å². The predicted molar refractivity (Wildman–Crippen MR) is 103 cm³/mol. The number of amides is 1. The van der Waals surface area contributed by atoms with Gasteiger partial charge in [0.05, 0.1) is 22.9 Å². The van der Waals surface area contributed by atoms with Gasteiger partial charge in [-0.3, -0.25) is 4.79 Å². The van der Waals surface area contributed by atoms with Gasteiger partial charge in [0, 0.05) is 31.6 Å². The number of hydrogen-bond acceptors (Lipinski definition) is 5. The molecular weight excluding hydrogens is 370 g/mol. The van der Waals surface area contributed by atoms with Crippen molar-refractivity contribution in [2.75, 3.05) is 26.2 Å². The van der Waals surface area contributed by atoms with Crippen molar-refractivity contribution in [1.82, 2.24) is 14.2 Å². The van der Waals surface area contributed by atoms with Crippen LogP contribution in [0.3, 0.4) is 0 Å². The monoisotopic (exact) mass is 393 g/mol. The second kappa shape index (κ2) is 7.85. The first kappa shape index (κ1) is 19.0. The SMILES string of the molecule is Cc1ccc(CS(=O)(=O)N2CCN(C(=O)Cc3csc(C)n3)CC2)cc1. The quantitative estimate of drug-likeness (QED) is 0.779. The van der Waals surface area contributed by atoms with E-state index in [1.807, 2.05) is 43.5 Å². The van der Waals surface area contributed by atoms with Crippen molar-refractivity contribution in [2.24, 2.45) is 0 Å². The average Bonchev–Trinajstić information content (AvgIpc) is 3.02. The number of nitrogens with zero attached hydrogens (tertiary/aromatic N) is 3. The van der Waals surface area contributed by atoms with Crippen LogP contribution in [0.15, 0.2) is 29.6 Å². The van der Waals surface area contributed by atoms with Crippen molar-refractivity contribution in [2.45, 2.75) is 26.0 Å². The maximum absolute atomic E-state index is 12.6. The summed E-state index contributed by atoms with van der Waals surface area (Å²) in [7, 11) is -3.37. The molecule has 1 fully saturated rings. The maximum Gasteiger partial charge on any atom is 0.228 e. The molecule has 0 bridgehead atoms. The minimum atomic E-state index is -3.37. The van der Waals surface area contributed by atoms with Gasteiger partial charge in [0.15, 0.2) is 0 Å². The summed E-state index contributed by atoms with van der Waals surface area (Å²) < 4.78 is 26.7. The highest BCUT2D eigenvalue weighted by Crippen LogP contribution is 2.16. The van der Waals surface area contributed by atoms with Gasteiger partial charge in [-0.25, -0.2) is 13.4 Å². The van der Waals surface area contributed by atoms with E-state index < -0.39 is 10.0 Å². The van der Waals surface area contributed by atoms with E-state index in [0.717, 1.165) is 21.8 Å². The summed E-state index contributed by atoms with van der Waals surface area (Å²) in [6.45, 7) is 5.42. The van der Waals surface area contributed by atoms with Gasteiger partial charge in [-0.1, -0.05) is 29.8 Å². The van der Waals surface area contributed by atoms with E-state index >= 15 is 0 Å². The van der Waals surface area contributed by atoms with Gasteiger partial charge < -0.3 is 4.90 Å². The van der Waals surface area contributed by atoms with Gasteiger partial charge in [0.25, 0.3) is 0 Å². The van der Waals surface area contributed by atoms with E-state index in [1.54, 1.807) is 4.90 Å². The predicted octanol–water partition coefficient (Wildman–Crippen LogP) is 1.98. The molecular formula is C18H23N3O3S2. The molecule has 0 saturated carbocycles. The Morgan fingerprint density at radius 2 is 1.77 bits per heavy atom. The molecule has 1 saturated heterocycles. The van der Waals surface area contributed by atoms with Crippen LogP contribution in [0.4, 0.5) is 0 Å². The summed E-state index contributed by atoms with van der Waals surface area (Å²) in [6, 6.07) is 7.54. The molecule has 140 valence electrons. The second-order valence-corrected chi connectivity index (χ2v) is 9.59. The summed E-state index contributed by atoms with van der Waals surface area (Å²) in [5.74, 6) is 0.00478. The summed E-state index contributed by atoms with van der Waals surface area (Å²) in [4.78, 5) is 18.4. The smallest absolute Gasteiger partial charge is 0.228 e. The zero-order valence-electron chi connectivity index (χ0n) is 15.0. The van der Waals surface area contributed by atoms with E-state index in [0.29, 0.717) is 26.2 Å². The van der Waals surface area contributed by atoms with Gasteiger partial charge in [0.2, 0.25) is 15.9 Å². The Balaban J connectivity index is 1.55. The lowest BCUT2D eigenvalue weighted by Crippen LogP contribution is -2.51. The zero-order chi connectivity index (χ0) is 18.7. The number of aryl methyl sites for hydroxylation is 2.